The highest BCUT2D eigenvalue weighted by Gasteiger charge is 2.20. The van der Waals surface area contributed by atoms with Crippen LogP contribution < -0.4 is 10.6 Å². The molecule has 3 rings (SSSR count). The summed E-state index contributed by atoms with van der Waals surface area (Å²) in [5.74, 6) is -0.490. The number of hydrogen-bond donors (Lipinski definition) is 2. The number of halogens is 1. The standard InChI is InChI=1S/C21H21ClN4O2/c1-15-18(19(22)26(25-15)14-16-8-4-2-5-9-16)21(28)24-13-12-23-20(27)17-10-6-3-7-11-17/h2-11H,12-14H2,1H3,(H,23,27)(H,24,28). The molecule has 1 aromatic heterocycles. The summed E-state index contributed by atoms with van der Waals surface area (Å²) in [5.41, 5.74) is 2.54. The van der Waals surface area contributed by atoms with Crippen molar-refractivity contribution in [1.29, 1.82) is 0 Å². The zero-order chi connectivity index (χ0) is 19.9. The van der Waals surface area contributed by atoms with E-state index in [0.717, 1.165) is 5.56 Å². The fourth-order valence-electron chi connectivity index (χ4n) is 2.80. The molecule has 0 radical (unpaired) electrons. The number of hydrogen-bond acceptors (Lipinski definition) is 3. The maximum absolute atomic E-state index is 12.5. The van der Waals surface area contributed by atoms with E-state index in [2.05, 4.69) is 15.7 Å². The lowest BCUT2D eigenvalue weighted by Crippen LogP contribution is -2.34. The maximum Gasteiger partial charge on any atom is 0.256 e. The van der Waals surface area contributed by atoms with Crippen molar-refractivity contribution in [2.45, 2.75) is 13.5 Å². The number of amides is 2. The Morgan fingerprint density at radius 3 is 2.14 bits per heavy atom. The highest BCUT2D eigenvalue weighted by atomic mass is 35.5. The lowest BCUT2D eigenvalue weighted by Gasteiger charge is -2.07. The predicted molar refractivity (Wildman–Crippen MR) is 109 cm³/mol. The molecule has 2 amide bonds. The van der Waals surface area contributed by atoms with Gasteiger partial charge in [0.25, 0.3) is 11.8 Å². The lowest BCUT2D eigenvalue weighted by atomic mass is 10.2. The molecule has 0 fully saturated rings. The average Bonchev–Trinajstić information content (AvgIpc) is 2.99. The first-order valence-electron chi connectivity index (χ1n) is 8.94. The predicted octanol–water partition coefficient (Wildman–Crippen LogP) is 3.05. The molecule has 2 N–H and O–H groups in total. The summed E-state index contributed by atoms with van der Waals surface area (Å²) in [5, 5.41) is 10.2. The van der Waals surface area contributed by atoms with Crippen LogP contribution in [0.3, 0.4) is 0 Å². The molecule has 0 saturated heterocycles. The molecule has 144 valence electrons. The normalized spacial score (nSPS) is 10.5. The van der Waals surface area contributed by atoms with Crippen molar-refractivity contribution in [3.63, 3.8) is 0 Å². The molecule has 28 heavy (non-hydrogen) atoms. The number of benzene rings is 2. The number of carbonyl (C=O) groups excluding carboxylic acids is 2. The highest BCUT2D eigenvalue weighted by molar-refractivity contribution is 6.33. The van der Waals surface area contributed by atoms with E-state index >= 15 is 0 Å². The molecule has 0 bridgehead atoms. The number of rotatable bonds is 7. The Bertz CT molecular complexity index is 955. The molecule has 0 aliphatic heterocycles. The van der Waals surface area contributed by atoms with Gasteiger partial charge in [0.1, 0.15) is 5.15 Å². The van der Waals surface area contributed by atoms with E-state index in [4.69, 9.17) is 11.6 Å². The summed E-state index contributed by atoms with van der Waals surface area (Å²) >= 11 is 6.39. The first-order valence-corrected chi connectivity index (χ1v) is 9.32. The van der Waals surface area contributed by atoms with Crippen molar-refractivity contribution in [2.75, 3.05) is 13.1 Å². The summed E-state index contributed by atoms with van der Waals surface area (Å²) in [7, 11) is 0. The molecule has 2 aromatic carbocycles. The van der Waals surface area contributed by atoms with E-state index in [0.29, 0.717) is 35.1 Å². The molecule has 3 aromatic rings. The molecule has 0 aliphatic rings. The van der Waals surface area contributed by atoms with Gasteiger partial charge < -0.3 is 10.6 Å². The number of aromatic nitrogens is 2. The van der Waals surface area contributed by atoms with Crippen LogP contribution in [0.1, 0.15) is 32.0 Å². The SMILES string of the molecule is Cc1nn(Cc2ccccc2)c(Cl)c1C(=O)NCCNC(=O)c1ccccc1. The van der Waals surface area contributed by atoms with E-state index in [-0.39, 0.29) is 18.4 Å². The summed E-state index contributed by atoms with van der Waals surface area (Å²) in [6, 6.07) is 18.7. The number of aryl methyl sites for hydroxylation is 1. The molecule has 7 heteroatoms. The van der Waals surface area contributed by atoms with Gasteiger partial charge in [-0.25, -0.2) is 4.68 Å². The van der Waals surface area contributed by atoms with E-state index in [1.54, 1.807) is 35.9 Å². The lowest BCUT2D eigenvalue weighted by molar-refractivity contribution is 0.0927. The van der Waals surface area contributed by atoms with Crippen LogP contribution in [0.4, 0.5) is 0 Å². The summed E-state index contributed by atoms with van der Waals surface area (Å²) < 4.78 is 1.61. The van der Waals surface area contributed by atoms with Gasteiger partial charge in [-0.05, 0) is 24.6 Å². The molecular weight excluding hydrogens is 376 g/mol. The Morgan fingerprint density at radius 1 is 0.929 bits per heavy atom. The van der Waals surface area contributed by atoms with Gasteiger partial charge in [-0.3, -0.25) is 9.59 Å². The fourth-order valence-corrected chi connectivity index (χ4v) is 3.12. The first-order chi connectivity index (χ1) is 13.6. The molecule has 0 spiro atoms. The van der Waals surface area contributed by atoms with E-state index in [1.807, 2.05) is 36.4 Å². The van der Waals surface area contributed by atoms with Gasteiger partial charge in [0.05, 0.1) is 17.8 Å². The fraction of sp³-hybridized carbons (Fsp3) is 0.190. The van der Waals surface area contributed by atoms with E-state index in [1.165, 1.54) is 0 Å². The number of nitrogens with one attached hydrogen (secondary N) is 2. The van der Waals surface area contributed by atoms with Crippen molar-refractivity contribution in [3.05, 3.63) is 88.2 Å². The molecular formula is C21H21ClN4O2. The van der Waals surface area contributed by atoms with Crippen LogP contribution in [0, 0.1) is 6.92 Å². The Hall–Kier alpha value is -3.12. The molecule has 0 saturated carbocycles. The molecule has 1 heterocycles. The number of nitrogens with zero attached hydrogens (tertiary/aromatic N) is 2. The second-order valence-electron chi connectivity index (χ2n) is 6.27. The smallest absolute Gasteiger partial charge is 0.256 e. The van der Waals surface area contributed by atoms with Crippen LogP contribution in [0.25, 0.3) is 0 Å². The zero-order valence-electron chi connectivity index (χ0n) is 15.5. The summed E-state index contributed by atoms with van der Waals surface area (Å²) in [4.78, 5) is 24.5. The third-order valence-corrected chi connectivity index (χ3v) is 4.58. The van der Waals surface area contributed by atoms with E-state index < -0.39 is 0 Å². The van der Waals surface area contributed by atoms with Crippen LogP contribution in [-0.2, 0) is 6.54 Å². The zero-order valence-corrected chi connectivity index (χ0v) is 16.2. The van der Waals surface area contributed by atoms with Crippen molar-refractivity contribution in [3.8, 4) is 0 Å². The van der Waals surface area contributed by atoms with E-state index in [9.17, 15) is 9.59 Å². The quantitative estimate of drug-likeness (QED) is 0.602. The molecule has 0 aliphatic carbocycles. The molecule has 0 unspecified atom stereocenters. The van der Waals surface area contributed by atoms with Crippen molar-refractivity contribution >= 4 is 23.4 Å². The van der Waals surface area contributed by atoms with Gasteiger partial charge in [0.15, 0.2) is 0 Å². The average molecular weight is 397 g/mol. The van der Waals surface area contributed by atoms with Crippen LogP contribution in [0.2, 0.25) is 5.15 Å². The minimum atomic E-state index is -0.309. The highest BCUT2D eigenvalue weighted by Crippen LogP contribution is 2.20. The largest absolute Gasteiger partial charge is 0.350 e. The minimum Gasteiger partial charge on any atom is -0.350 e. The second kappa shape index (κ2) is 9.19. The first kappa shape index (κ1) is 19.6. The molecule has 0 atom stereocenters. The van der Waals surface area contributed by atoms with Gasteiger partial charge in [-0.15, -0.1) is 0 Å². The van der Waals surface area contributed by atoms with Gasteiger partial charge in [-0.1, -0.05) is 60.1 Å². The molecule has 6 nitrogen and oxygen atoms in total. The van der Waals surface area contributed by atoms with Crippen molar-refractivity contribution in [1.82, 2.24) is 20.4 Å². The monoisotopic (exact) mass is 396 g/mol. The van der Waals surface area contributed by atoms with Gasteiger partial charge in [0, 0.05) is 18.7 Å². The van der Waals surface area contributed by atoms with Crippen molar-refractivity contribution < 1.29 is 9.59 Å². The second-order valence-corrected chi connectivity index (χ2v) is 6.63. The Balaban J connectivity index is 1.55. The van der Waals surface area contributed by atoms with Gasteiger partial charge in [0.2, 0.25) is 0 Å². The maximum atomic E-state index is 12.5. The van der Waals surface area contributed by atoms with Crippen LogP contribution >= 0.6 is 11.6 Å². The van der Waals surface area contributed by atoms with Crippen LogP contribution in [-0.4, -0.2) is 34.7 Å². The van der Waals surface area contributed by atoms with Crippen LogP contribution in [0.15, 0.2) is 60.7 Å². The Kier molecular flexibility index (Phi) is 6.45. The topological polar surface area (TPSA) is 76.0 Å². The van der Waals surface area contributed by atoms with Gasteiger partial charge >= 0.3 is 0 Å². The minimum absolute atomic E-state index is 0.181. The third-order valence-electron chi connectivity index (χ3n) is 4.20. The third kappa shape index (κ3) is 4.78. The summed E-state index contributed by atoms with van der Waals surface area (Å²) in [6.07, 6.45) is 0. The van der Waals surface area contributed by atoms with Crippen molar-refractivity contribution in [2.24, 2.45) is 0 Å². The number of carbonyl (C=O) groups is 2. The van der Waals surface area contributed by atoms with Gasteiger partial charge in [-0.2, -0.15) is 5.10 Å². The Morgan fingerprint density at radius 2 is 1.50 bits per heavy atom. The van der Waals surface area contributed by atoms with Crippen LogP contribution in [0.5, 0.6) is 0 Å². The Labute approximate surface area is 168 Å². The summed E-state index contributed by atoms with van der Waals surface area (Å²) in [6.45, 7) is 2.84.